The van der Waals surface area contributed by atoms with Crippen LogP contribution in [0.25, 0.3) is 0 Å². The molecule has 0 amide bonds. The molecule has 2 rings (SSSR count). The lowest BCUT2D eigenvalue weighted by Gasteiger charge is -2.30. The Balaban J connectivity index is 1.86. The van der Waals surface area contributed by atoms with Gasteiger partial charge in [0.2, 0.25) is 0 Å². The molecular weight excluding hydrogens is 242 g/mol. The van der Waals surface area contributed by atoms with Crippen LogP contribution in [0, 0.1) is 5.41 Å². The van der Waals surface area contributed by atoms with Gasteiger partial charge < -0.3 is 10.6 Å². The Morgan fingerprint density at radius 1 is 1.28 bits per heavy atom. The number of hydrogen-bond acceptors (Lipinski definition) is 3. The van der Waals surface area contributed by atoms with Crippen LogP contribution in [0.2, 0.25) is 0 Å². The molecule has 0 aliphatic carbocycles. The summed E-state index contributed by atoms with van der Waals surface area (Å²) in [6, 6.07) is 1.59. The third-order valence-electron chi connectivity index (χ3n) is 4.95. The fraction of sp³-hybridized carbons (Fsp3) is 0.929. The van der Waals surface area contributed by atoms with Gasteiger partial charge in [0.25, 0.3) is 0 Å². The summed E-state index contributed by atoms with van der Waals surface area (Å²) in [4.78, 5) is 5.86. The fourth-order valence-corrected chi connectivity index (χ4v) is 3.25. The predicted octanol–water partition coefficient (Wildman–Crippen LogP) is 1.86. The van der Waals surface area contributed by atoms with E-state index in [-0.39, 0.29) is 5.41 Å². The van der Waals surface area contributed by atoms with Gasteiger partial charge in [-0.1, -0.05) is 26.1 Å². The minimum atomic E-state index is -0.00739. The van der Waals surface area contributed by atoms with Gasteiger partial charge in [-0.15, -0.1) is 0 Å². The maximum atomic E-state index is 5.80. The average molecular weight is 269 g/mol. The first-order chi connectivity index (χ1) is 8.40. The summed E-state index contributed by atoms with van der Waals surface area (Å²) in [7, 11) is 2.30. The molecule has 2 heterocycles. The minimum absolute atomic E-state index is 0.00739. The molecule has 2 fully saturated rings. The number of likely N-dealkylation sites (N-methyl/N-ethyl adjacent to an activating group) is 1. The van der Waals surface area contributed by atoms with Crippen LogP contribution in [0.5, 0.6) is 0 Å². The Hall–Kier alpha value is -0.190. The second-order valence-electron chi connectivity index (χ2n) is 6.64. The topological polar surface area (TPSA) is 32.5 Å². The number of nitrogens with zero attached hydrogens (tertiary/aromatic N) is 2. The summed E-state index contributed by atoms with van der Waals surface area (Å²) >= 11 is 5.15. The van der Waals surface area contributed by atoms with E-state index in [0.717, 1.165) is 25.0 Å². The van der Waals surface area contributed by atoms with Crippen LogP contribution in [0.1, 0.15) is 39.5 Å². The Labute approximate surface area is 117 Å². The summed E-state index contributed by atoms with van der Waals surface area (Å²) in [5.74, 6) is 0. The first-order valence-corrected chi connectivity index (χ1v) is 7.55. The van der Waals surface area contributed by atoms with Crippen molar-refractivity contribution >= 4 is 17.2 Å². The molecule has 2 saturated heterocycles. The van der Waals surface area contributed by atoms with Gasteiger partial charge in [0, 0.05) is 24.0 Å². The zero-order valence-corrected chi connectivity index (χ0v) is 12.8. The molecule has 3 nitrogen and oxygen atoms in total. The molecule has 4 heteroatoms. The molecule has 2 aliphatic heterocycles. The van der Waals surface area contributed by atoms with E-state index in [1.165, 1.54) is 32.4 Å². The molecule has 2 N–H and O–H groups in total. The quantitative estimate of drug-likeness (QED) is 0.790. The Kier molecular flexibility index (Phi) is 4.29. The first-order valence-electron chi connectivity index (χ1n) is 7.14. The van der Waals surface area contributed by atoms with Crippen LogP contribution in [-0.4, -0.2) is 53.6 Å². The maximum Gasteiger partial charge on any atom is 0.0784 e. The van der Waals surface area contributed by atoms with Crippen molar-refractivity contribution in [2.45, 2.75) is 51.6 Å². The number of nitrogens with two attached hydrogens (primary N) is 1. The van der Waals surface area contributed by atoms with E-state index in [2.05, 4.69) is 30.7 Å². The highest BCUT2D eigenvalue weighted by molar-refractivity contribution is 7.80. The van der Waals surface area contributed by atoms with Gasteiger partial charge in [-0.2, -0.15) is 0 Å². The molecule has 18 heavy (non-hydrogen) atoms. The number of hydrogen-bond donors (Lipinski definition) is 1. The van der Waals surface area contributed by atoms with Crippen LogP contribution in [0.3, 0.4) is 0 Å². The molecule has 0 aromatic carbocycles. The van der Waals surface area contributed by atoms with Gasteiger partial charge in [0.05, 0.1) is 4.99 Å². The second kappa shape index (κ2) is 5.43. The summed E-state index contributed by atoms with van der Waals surface area (Å²) in [6.07, 6.45) is 5.16. The largest absolute Gasteiger partial charge is 0.393 e. The van der Waals surface area contributed by atoms with Crippen LogP contribution in [-0.2, 0) is 0 Å². The second-order valence-corrected chi connectivity index (χ2v) is 7.08. The predicted molar refractivity (Wildman–Crippen MR) is 80.8 cm³/mol. The highest BCUT2D eigenvalue weighted by Crippen LogP contribution is 2.29. The van der Waals surface area contributed by atoms with E-state index in [9.17, 15) is 0 Å². The lowest BCUT2D eigenvalue weighted by molar-refractivity contribution is 0.207. The van der Waals surface area contributed by atoms with Crippen LogP contribution in [0.15, 0.2) is 0 Å². The number of rotatable bonds is 4. The standard InChI is InChI=1S/C14H27N3S/c1-14(2,13(15)18)7-9-17-8-6-11-4-5-12(10-17)16(11)3/h11-12H,4-10H2,1-3H3,(H2,15,18). The molecule has 2 atom stereocenters. The zero-order valence-electron chi connectivity index (χ0n) is 12.0. The fourth-order valence-electron chi connectivity index (χ4n) is 3.14. The molecule has 0 spiro atoms. The van der Waals surface area contributed by atoms with Crippen molar-refractivity contribution in [3.05, 3.63) is 0 Å². The van der Waals surface area contributed by atoms with Gasteiger partial charge in [-0.05, 0) is 45.8 Å². The summed E-state index contributed by atoms with van der Waals surface area (Å²) < 4.78 is 0. The Morgan fingerprint density at radius 3 is 2.61 bits per heavy atom. The molecule has 2 aliphatic rings. The summed E-state index contributed by atoms with van der Waals surface area (Å²) in [5.41, 5.74) is 5.80. The molecule has 2 unspecified atom stereocenters. The van der Waals surface area contributed by atoms with E-state index in [1.54, 1.807) is 0 Å². The Morgan fingerprint density at radius 2 is 1.94 bits per heavy atom. The molecule has 0 aromatic rings. The SMILES string of the molecule is CN1C2CCC1CN(CCC(C)(C)C(N)=S)CC2. The molecular formula is C14H27N3S. The zero-order chi connectivity index (χ0) is 13.3. The van der Waals surface area contributed by atoms with E-state index in [0.29, 0.717) is 4.99 Å². The summed E-state index contributed by atoms with van der Waals surface area (Å²) in [6.45, 7) is 7.90. The lowest BCUT2D eigenvalue weighted by Crippen LogP contribution is -2.39. The highest BCUT2D eigenvalue weighted by Gasteiger charge is 2.34. The maximum absolute atomic E-state index is 5.80. The normalized spacial score (nSPS) is 30.4. The smallest absolute Gasteiger partial charge is 0.0784 e. The first kappa shape index (κ1) is 14.2. The number of fused-ring (bicyclic) bond motifs is 2. The van der Waals surface area contributed by atoms with Crippen molar-refractivity contribution < 1.29 is 0 Å². The van der Waals surface area contributed by atoms with Crippen molar-refractivity contribution in [2.75, 3.05) is 26.7 Å². The van der Waals surface area contributed by atoms with Gasteiger partial charge in [0.15, 0.2) is 0 Å². The van der Waals surface area contributed by atoms with Crippen LogP contribution < -0.4 is 5.73 Å². The van der Waals surface area contributed by atoms with Crippen molar-refractivity contribution in [1.82, 2.24) is 9.80 Å². The lowest BCUT2D eigenvalue weighted by atomic mass is 9.89. The number of likely N-dealkylation sites (tertiary alicyclic amines) is 1. The molecule has 2 bridgehead atoms. The van der Waals surface area contributed by atoms with Crippen molar-refractivity contribution in [2.24, 2.45) is 11.1 Å². The van der Waals surface area contributed by atoms with E-state index in [1.807, 2.05) is 0 Å². The van der Waals surface area contributed by atoms with E-state index < -0.39 is 0 Å². The van der Waals surface area contributed by atoms with Crippen LogP contribution >= 0.6 is 12.2 Å². The highest BCUT2D eigenvalue weighted by atomic mass is 32.1. The van der Waals surface area contributed by atoms with Gasteiger partial charge in [-0.3, -0.25) is 4.90 Å². The van der Waals surface area contributed by atoms with Crippen molar-refractivity contribution in [3.8, 4) is 0 Å². The van der Waals surface area contributed by atoms with Gasteiger partial charge >= 0.3 is 0 Å². The van der Waals surface area contributed by atoms with Gasteiger partial charge in [-0.25, -0.2) is 0 Å². The molecule has 0 radical (unpaired) electrons. The third-order valence-corrected chi connectivity index (χ3v) is 5.51. The Bertz CT molecular complexity index is 316. The molecule has 0 saturated carbocycles. The van der Waals surface area contributed by atoms with Gasteiger partial charge in [0.1, 0.15) is 0 Å². The van der Waals surface area contributed by atoms with E-state index >= 15 is 0 Å². The van der Waals surface area contributed by atoms with Crippen molar-refractivity contribution in [3.63, 3.8) is 0 Å². The third kappa shape index (κ3) is 3.03. The summed E-state index contributed by atoms with van der Waals surface area (Å²) in [5, 5.41) is 0. The number of thiocarbonyl (C=S) groups is 1. The monoisotopic (exact) mass is 269 g/mol. The average Bonchev–Trinajstić information content (AvgIpc) is 2.52. The molecule has 104 valence electrons. The minimum Gasteiger partial charge on any atom is -0.393 e. The van der Waals surface area contributed by atoms with E-state index in [4.69, 9.17) is 18.0 Å². The van der Waals surface area contributed by atoms with Crippen molar-refractivity contribution in [1.29, 1.82) is 0 Å². The van der Waals surface area contributed by atoms with Crippen LogP contribution in [0.4, 0.5) is 0 Å². The molecule has 0 aromatic heterocycles.